The van der Waals surface area contributed by atoms with Crippen molar-refractivity contribution in [3.05, 3.63) is 33.3 Å². The van der Waals surface area contributed by atoms with Crippen LogP contribution < -0.4 is 5.32 Å². The number of aryl methyl sites for hydroxylation is 1. The van der Waals surface area contributed by atoms with E-state index in [1.54, 1.807) is 14.0 Å². The van der Waals surface area contributed by atoms with Crippen LogP contribution in [0.2, 0.25) is 5.02 Å². The molecule has 0 bridgehead atoms. The van der Waals surface area contributed by atoms with Crippen LogP contribution in [0.3, 0.4) is 0 Å². The van der Waals surface area contributed by atoms with Crippen LogP contribution in [-0.4, -0.2) is 36.3 Å². The summed E-state index contributed by atoms with van der Waals surface area (Å²) in [5, 5.41) is 24.4. The SMILES string of the molecule is C[C@@H](Sc1nnnn1C)C(=O)Nc1cc([N+](=O)[O-])ccc1Cl. The molecule has 2 rings (SSSR count). The first-order valence-electron chi connectivity index (χ1n) is 6.02. The lowest BCUT2D eigenvalue weighted by Gasteiger charge is -2.11. The number of non-ortho nitro benzene ring substituents is 1. The van der Waals surface area contributed by atoms with Crippen molar-refractivity contribution >= 4 is 40.6 Å². The molecule has 0 aliphatic carbocycles. The summed E-state index contributed by atoms with van der Waals surface area (Å²) in [5.41, 5.74) is 0.0296. The van der Waals surface area contributed by atoms with Crippen molar-refractivity contribution in [1.82, 2.24) is 20.2 Å². The summed E-state index contributed by atoms with van der Waals surface area (Å²) in [5.74, 6) is -0.365. The van der Waals surface area contributed by atoms with Gasteiger partial charge in [-0.1, -0.05) is 23.4 Å². The van der Waals surface area contributed by atoms with Crippen molar-refractivity contribution in [3.8, 4) is 0 Å². The van der Waals surface area contributed by atoms with Gasteiger partial charge in [-0.05, 0) is 23.4 Å². The van der Waals surface area contributed by atoms with Gasteiger partial charge < -0.3 is 5.32 Å². The van der Waals surface area contributed by atoms with Gasteiger partial charge in [0.2, 0.25) is 11.1 Å². The summed E-state index contributed by atoms with van der Waals surface area (Å²) >= 11 is 7.10. The van der Waals surface area contributed by atoms with Crippen LogP contribution in [-0.2, 0) is 11.8 Å². The number of carbonyl (C=O) groups is 1. The Hall–Kier alpha value is -2.20. The number of halogens is 1. The second-order valence-corrected chi connectivity index (χ2v) is 5.97. The van der Waals surface area contributed by atoms with E-state index in [1.807, 2.05) is 0 Å². The molecule has 0 unspecified atom stereocenters. The van der Waals surface area contributed by atoms with Gasteiger partial charge in [0.25, 0.3) is 5.69 Å². The molecule has 0 fully saturated rings. The highest BCUT2D eigenvalue weighted by Crippen LogP contribution is 2.28. The molecule has 1 heterocycles. The standard InChI is InChI=1S/C11H11ClN6O3S/c1-6(22-11-14-15-16-17(11)2)10(19)13-9-5-7(18(20)21)3-4-8(9)12/h3-6H,1-2H3,(H,13,19)/t6-/m1/s1. The zero-order chi connectivity index (χ0) is 16.3. The molecule has 1 aromatic heterocycles. The van der Waals surface area contributed by atoms with E-state index in [9.17, 15) is 14.9 Å². The van der Waals surface area contributed by atoms with Crippen LogP contribution in [0.5, 0.6) is 0 Å². The largest absolute Gasteiger partial charge is 0.324 e. The topological polar surface area (TPSA) is 116 Å². The Labute approximate surface area is 134 Å². The fraction of sp³-hybridized carbons (Fsp3) is 0.273. The van der Waals surface area contributed by atoms with Crippen molar-refractivity contribution in [2.75, 3.05) is 5.32 Å². The van der Waals surface area contributed by atoms with Gasteiger partial charge in [0.15, 0.2) is 0 Å². The second-order valence-electron chi connectivity index (χ2n) is 4.26. The monoisotopic (exact) mass is 342 g/mol. The van der Waals surface area contributed by atoms with Crippen molar-refractivity contribution in [2.45, 2.75) is 17.3 Å². The van der Waals surface area contributed by atoms with Gasteiger partial charge in [-0.25, -0.2) is 4.68 Å². The van der Waals surface area contributed by atoms with Gasteiger partial charge in [0.1, 0.15) is 0 Å². The smallest absolute Gasteiger partial charge is 0.271 e. The molecule has 1 atom stereocenters. The first kappa shape index (κ1) is 16.2. The minimum Gasteiger partial charge on any atom is -0.324 e. The number of aromatic nitrogens is 4. The number of amides is 1. The van der Waals surface area contributed by atoms with E-state index in [0.29, 0.717) is 5.16 Å². The predicted octanol–water partition coefficient (Wildman–Crippen LogP) is 1.89. The number of nitrogens with one attached hydrogen (secondary N) is 1. The number of nitro groups is 1. The average molecular weight is 343 g/mol. The van der Waals surface area contributed by atoms with E-state index in [0.717, 1.165) is 11.8 Å². The van der Waals surface area contributed by atoms with Gasteiger partial charge >= 0.3 is 0 Å². The van der Waals surface area contributed by atoms with E-state index >= 15 is 0 Å². The molecule has 116 valence electrons. The highest BCUT2D eigenvalue weighted by atomic mass is 35.5. The minimum atomic E-state index is -0.560. The molecule has 2 aromatic rings. The van der Waals surface area contributed by atoms with E-state index in [4.69, 9.17) is 11.6 Å². The highest BCUT2D eigenvalue weighted by Gasteiger charge is 2.19. The Kier molecular flexibility index (Phi) is 4.93. The number of rotatable bonds is 5. The van der Waals surface area contributed by atoms with Crippen LogP contribution in [0.4, 0.5) is 11.4 Å². The molecular weight excluding hydrogens is 332 g/mol. The molecule has 22 heavy (non-hydrogen) atoms. The molecule has 0 aliphatic heterocycles. The van der Waals surface area contributed by atoms with E-state index in [-0.39, 0.29) is 22.3 Å². The molecule has 9 nitrogen and oxygen atoms in total. The first-order valence-corrected chi connectivity index (χ1v) is 7.28. The summed E-state index contributed by atoms with van der Waals surface area (Å²) < 4.78 is 1.44. The molecular formula is C11H11ClN6O3S. The molecule has 11 heteroatoms. The van der Waals surface area contributed by atoms with Crippen LogP contribution >= 0.6 is 23.4 Å². The van der Waals surface area contributed by atoms with Crippen LogP contribution in [0, 0.1) is 10.1 Å². The molecule has 1 amide bonds. The molecule has 0 saturated carbocycles. The number of hydrogen-bond acceptors (Lipinski definition) is 7. The fourth-order valence-electron chi connectivity index (χ4n) is 1.49. The third-order valence-corrected chi connectivity index (χ3v) is 4.11. The molecule has 1 aromatic carbocycles. The fourth-order valence-corrected chi connectivity index (χ4v) is 2.41. The zero-order valence-corrected chi connectivity index (χ0v) is 13.1. The number of hydrogen-bond donors (Lipinski definition) is 1. The Bertz CT molecular complexity index is 722. The molecule has 0 spiro atoms. The highest BCUT2D eigenvalue weighted by molar-refractivity contribution is 8.00. The van der Waals surface area contributed by atoms with Crippen LogP contribution in [0.15, 0.2) is 23.4 Å². The third kappa shape index (κ3) is 3.71. The number of thioether (sulfide) groups is 1. The van der Waals surface area contributed by atoms with Gasteiger partial charge in [0.05, 0.1) is 20.9 Å². The lowest BCUT2D eigenvalue weighted by atomic mass is 10.2. The van der Waals surface area contributed by atoms with Gasteiger partial charge in [0, 0.05) is 19.2 Å². The van der Waals surface area contributed by atoms with E-state index < -0.39 is 10.2 Å². The van der Waals surface area contributed by atoms with E-state index in [2.05, 4.69) is 20.8 Å². The Morgan fingerprint density at radius 3 is 2.86 bits per heavy atom. The number of tetrazole rings is 1. The second kappa shape index (κ2) is 6.71. The number of nitrogens with zero attached hydrogens (tertiary/aromatic N) is 5. The molecule has 0 aliphatic rings. The third-order valence-electron chi connectivity index (χ3n) is 2.65. The van der Waals surface area contributed by atoms with Crippen molar-refractivity contribution in [2.24, 2.45) is 7.05 Å². The normalized spacial score (nSPS) is 12.0. The first-order chi connectivity index (χ1) is 10.4. The Balaban J connectivity index is 2.09. The van der Waals surface area contributed by atoms with Crippen molar-refractivity contribution in [1.29, 1.82) is 0 Å². The van der Waals surface area contributed by atoms with Crippen molar-refractivity contribution < 1.29 is 9.72 Å². The maximum absolute atomic E-state index is 12.1. The van der Waals surface area contributed by atoms with Crippen LogP contribution in [0.25, 0.3) is 0 Å². The lowest BCUT2D eigenvalue weighted by molar-refractivity contribution is -0.384. The average Bonchev–Trinajstić information content (AvgIpc) is 2.86. The summed E-state index contributed by atoms with van der Waals surface area (Å²) in [7, 11) is 1.66. The summed E-state index contributed by atoms with van der Waals surface area (Å²) in [6.07, 6.45) is 0. The number of carbonyl (C=O) groups excluding carboxylic acids is 1. The van der Waals surface area contributed by atoms with Crippen molar-refractivity contribution in [3.63, 3.8) is 0 Å². The van der Waals surface area contributed by atoms with Gasteiger partial charge in [-0.2, -0.15) is 0 Å². The summed E-state index contributed by atoms with van der Waals surface area (Å²) in [4.78, 5) is 22.3. The molecule has 0 radical (unpaired) electrons. The zero-order valence-electron chi connectivity index (χ0n) is 11.6. The van der Waals surface area contributed by atoms with Gasteiger partial charge in [-0.3, -0.25) is 14.9 Å². The Morgan fingerprint density at radius 1 is 1.55 bits per heavy atom. The number of benzene rings is 1. The summed E-state index contributed by atoms with van der Waals surface area (Å²) in [6.45, 7) is 1.67. The summed E-state index contributed by atoms with van der Waals surface area (Å²) in [6, 6.07) is 3.84. The van der Waals surface area contributed by atoms with E-state index in [1.165, 1.54) is 22.9 Å². The van der Waals surface area contributed by atoms with Gasteiger partial charge in [-0.15, -0.1) is 5.10 Å². The number of anilines is 1. The minimum absolute atomic E-state index is 0.155. The maximum Gasteiger partial charge on any atom is 0.271 e. The predicted molar refractivity (Wildman–Crippen MR) is 80.9 cm³/mol. The molecule has 1 N–H and O–H groups in total. The Morgan fingerprint density at radius 2 is 2.27 bits per heavy atom. The lowest BCUT2D eigenvalue weighted by Crippen LogP contribution is -2.23. The maximum atomic E-state index is 12.1. The quantitative estimate of drug-likeness (QED) is 0.501. The number of nitro benzene ring substituents is 1. The molecule has 0 saturated heterocycles. The van der Waals surface area contributed by atoms with Crippen LogP contribution in [0.1, 0.15) is 6.92 Å².